The van der Waals surface area contributed by atoms with Gasteiger partial charge in [-0.3, -0.25) is 9.59 Å². The van der Waals surface area contributed by atoms with Gasteiger partial charge in [-0.05, 0) is 120 Å². The molecule has 7 rings (SSSR count). The molecule has 0 aliphatic rings. The van der Waals surface area contributed by atoms with E-state index in [-0.39, 0.29) is 18.4 Å². The van der Waals surface area contributed by atoms with Crippen LogP contribution in [0.2, 0.25) is 0 Å². The second kappa shape index (κ2) is 21.7. The van der Waals surface area contributed by atoms with E-state index in [1.807, 2.05) is 115 Å². The number of hydrogen-bond donors (Lipinski definition) is 2. The van der Waals surface area contributed by atoms with Crippen LogP contribution in [-0.4, -0.2) is 57.2 Å². The molecule has 0 saturated heterocycles. The van der Waals surface area contributed by atoms with Gasteiger partial charge in [-0.2, -0.15) is 0 Å². The van der Waals surface area contributed by atoms with Crippen molar-refractivity contribution in [1.82, 2.24) is 15.5 Å². The number of aryl methyl sites for hydroxylation is 2. The minimum absolute atomic E-state index is 0.0533. The SMILES string of the molecule is [2H]C([2H])(CNCCCNC(=O)CCCOc1ccc(CN(Cc2ccc(C)cc2)C(=O)c2ccc(-c3ccccc3OC)cc2)c(OC)c1)Cc1c2ccccc2cc2ccccc12. The summed E-state index contributed by atoms with van der Waals surface area (Å²) >= 11 is 0. The molecule has 0 aliphatic carbocycles. The van der Waals surface area contributed by atoms with Gasteiger partial charge in [-0.1, -0.05) is 109 Å². The lowest BCUT2D eigenvalue weighted by Crippen LogP contribution is -2.30. The lowest BCUT2D eigenvalue weighted by atomic mass is 9.94. The molecule has 0 radical (unpaired) electrons. The zero-order chi connectivity index (χ0) is 44.9. The maximum atomic E-state index is 14.1. The summed E-state index contributed by atoms with van der Waals surface area (Å²) in [6.07, 6.45) is 0.389. The van der Waals surface area contributed by atoms with E-state index in [4.69, 9.17) is 17.0 Å². The van der Waals surface area contributed by atoms with E-state index in [1.165, 1.54) is 0 Å². The second-order valence-corrected chi connectivity index (χ2v) is 15.5. The number of hydrogen-bond acceptors (Lipinski definition) is 6. The average Bonchev–Trinajstić information content (AvgIpc) is 3.32. The Labute approximate surface area is 368 Å². The maximum Gasteiger partial charge on any atom is 0.254 e. The third-order valence-electron chi connectivity index (χ3n) is 11.1. The third kappa shape index (κ3) is 11.4. The second-order valence-electron chi connectivity index (χ2n) is 15.5. The number of nitrogens with zero attached hydrogens (tertiary/aromatic N) is 1. The van der Waals surface area contributed by atoms with Crippen molar-refractivity contribution >= 4 is 33.4 Å². The highest BCUT2D eigenvalue weighted by Crippen LogP contribution is 2.32. The van der Waals surface area contributed by atoms with Crippen LogP contribution in [0.1, 0.15) is 61.0 Å². The van der Waals surface area contributed by atoms with Gasteiger partial charge < -0.3 is 29.7 Å². The summed E-state index contributed by atoms with van der Waals surface area (Å²) in [7, 11) is 3.26. The number of benzene rings is 7. The number of ether oxygens (including phenoxy) is 3. The number of fused-ring (bicyclic) bond motifs is 2. The molecule has 2 amide bonds. The van der Waals surface area contributed by atoms with Gasteiger partial charge in [-0.25, -0.2) is 0 Å². The molecule has 0 unspecified atom stereocenters. The minimum atomic E-state index is -1.45. The Bertz CT molecular complexity index is 2610. The molecule has 0 bridgehead atoms. The van der Waals surface area contributed by atoms with Crippen LogP contribution in [-0.2, 0) is 24.3 Å². The first-order valence-electron chi connectivity index (χ1n) is 22.4. The topological polar surface area (TPSA) is 89.1 Å². The predicted molar refractivity (Wildman–Crippen MR) is 251 cm³/mol. The largest absolute Gasteiger partial charge is 0.496 e. The molecule has 0 fully saturated rings. The molecule has 0 atom stereocenters. The molecule has 0 spiro atoms. The molecule has 0 heterocycles. The van der Waals surface area contributed by atoms with E-state index >= 15 is 0 Å². The van der Waals surface area contributed by atoms with Crippen LogP contribution in [0, 0.1) is 6.92 Å². The van der Waals surface area contributed by atoms with Gasteiger partial charge in [0.05, 0.1) is 20.8 Å². The Balaban J connectivity index is 0.864. The fraction of sp³-hybridized carbons (Fsp3) is 0.259. The first-order valence-corrected chi connectivity index (χ1v) is 21.4. The van der Waals surface area contributed by atoms with Crippen LogP contribution >= 0.6 is 0 Å². The van der Waals surface area contributed by atoms with Gasteiger partial charge in [0.2, 0.25) is 5.91 Å². The summed E-state index contributed by atoms with van der Waals surface area (Å²) in [4.78, 5) is 28.6. The van der Waals surface area contributed by atoms with Gasteiger partial charge >= 0.3 is 0 Å². The van der Waals surface area contributed by atoms with E-state index in [9.17, 15) is 9.59 Å². The lowest BCUT2D eigenvalue weighted by Gasteiger charge is -2.25. The van der Waals surface area contributed by atoms with Gasteiger partial charge in [-0.15, -0.1) is 0 Å². The fourth-order valence-electron chi connectivity index (χ4n) is 7.74. The summed E-state index contributed by atoms with van der Waals surface area (Å²) in [5.74, 6) is 1.83. The monoisotopic (exact) mass is 829 g/mol. The first-order chi connectivity index (χ1) is 31.1. The van der Waals surface area contributed by atoms with Gasteiger partial charge in [0.1, 0.15) is 17.2 Å². The fourth-order valence-corrected chi connectivity index (χ4v) is 7.74. The Kier molecular flexibility index (Phi) is 14.3. The van der Waals surface area contributed by atoms with E-state index in [0.29, 0.717) is 75.5 Å². The van der Waals surface area contributed by atoms with Crippen molar-refractivity contribution in [2.24, 2.45) is 0 Å². The number of para-hydroxylation sites is 1. The molecular formula is C54H57N3O5. The van der Waals surface area contributed by atoms with Crippen molar-refractivity contribution in [2.45, 2.75) is 52.1 Å². The van der Waals surface area contributed by atoms with Crippen molar-refractivity contribution < 1.29 is 26.5 Å². The molecule has 7 aromatic carbocycles. The minimum Gasteiger partial charge on any atom is -0.496 e. The number of methoxy groups -OCH3 is 2. The van der Waals surface area contributed by atoms with Crippen LogP contribution in [0.15, 0.2) is 146 Å². The molecule has 0 aliphatic heterocycles. The van der Waals surface area contributed by atoms with Crippen LogP contribution in [0.4, 0.5) is 0 Å². The Morgan fingerprint density at radius 1 is 0.677 bits per heavy atom. The van der Waals surface area contributed by atoms with Gasteiger partial charge in [0.25, 0.3) is 5.91 Å². The molecule has 7 aromatic rings. The van der Waals surface area contributed by atoms with Crippen molar-refractivity contribution in [3.63, 3.8) is 0 Å². The molecule has 318 valence electrons. The van der Waals surface area contributed by atoms with Crippen molar-refractivity contribution in [1.29, 1.82) is 0 Å². The van der Waals surface area contributed by atoms with E-state index in [0.717, 1.165) is 60.7 Å². The summed E-state index contributed by atoms with van der Waals surface area (Å²) < 4.78 is 35.0. The number of rotatable bonds is 21. The third-order valence-corrected chi connectivity index (χ3v) is 11.1. The van der Waals surface area contributed by atoms with Crippen LogP contribution in [0.25, 0.3) is 32.7 Å². The molecule has 0 aromatic heterocycles. The standard InChI is InChI=1S/C54H57N3O5/c1-39-21-23-40(24-22-39)37-57(54(59)42-27-25-41(26-28-42)49-17-8-9-19-51(49)60-2)38-45-29-30-46(36-52(45)61-3)62-34-11-20-53(58)56-33-12-32-55-31-10-18-50-47-15-6-4-13-43(47)35-44-14-5-7-16-48(44)50/h4-9,13-17,19,21-30,35-36,55H,10-12,18,20,31-34,37-38H2,1-3H3,(H,56,58)/i10D2. The highest BCUT2D eigenvalue weighted by Gasteiger charge is 2.20. The number of amides is 2. The van der Waals surface area contributed by atoms with Gasteiger partial charge in [0.15, 0.2) is 0 Å². The Hall–Kier alpha value is -6.64. The van der Waals surface area contributed by atoms with E-state index < -0.39 is 6.37 Å². The number of carbonyl (C=O) groups is 2. The highest BCUT2D eigenvalue weighted by atomic mass is 16.5. The molecule has 0 saturated carbocycles. The molecule has 62 heavy (non-hydrogen) atoms. The zero-order valence-electron chi connectivity index (χ0n) is 37.9. The average molecular weight is 830 g/mol. The smallest absolute Gasteiger partial charge is 0.254 e. The van der Waals surface area contributed by atoms with Gasteiger partial charge in [0, 0.05) is 51.6 Å². The lowest BCUT2D eigenvalue weighted by molar-refractivity contribution is -0.121. The molecule has 2 N–H and O–H groups in total. The first kappa shape index (κ1) is 40.7. The normalized spacial score (nSPS) is 11.8. The van der Waals surface area contributed by atoms with Crippen LogP contribution in [0.3, 0.4) is 0 Å². The summed E-state index contributed by atoms with van der Waals surface area (Å²) in [6, 6.07) is 47.8. The summed E-state index contributed by atoms with van der Waals surface area (Å²) in [5, 5.41) is 10.6. The number of nitrogens with one attached hydrogen (secondary N) is 2. The van der Waals surface area contributed by atoms with Crippen molar-refractivity contribution in [3.8, 4) is 28.4 Å². The van der Waals surface area contributed by atoms with Crippen molar-refractivity contribution in [2.75, 3.05) is 40.5 Å². The quantitative estimate of drug-likeness (QED) is 0.0554. The summed E-state index contributed by atoms with van der Waals surface area (Å²) in [5.41, 5.74) is 6.53. The Morgan fingerprint density at radius 2 is 1.37 bits per heavy atom. The van der Waals surface area contributed by atoms with E-state index in [2.05, 4.69) is 53.1 Å². The molecular weight excluding hydrogens is 771 g/mol. The predicted octanol–water partition coefficient (Wildman–Crippen LogP) is 10.7. The summed E-state index contributed by atoms with van der Waals surface area (Å²) in [6.45, 7) is 4.42. The Morgan fingerprint density at radius 3 is 2.10 bits per heavy atom. The number of carbonyl (C=O) groups excluding carboxylic acids is 2. The van der Waals surface area contributed by atoms with Crippen LogP contribution < -0.4 is 24.8 Å². The highest BCUT2D eigenvalue weighted by molar-refractivity contribution is 6.02. The van der Waals surface area contributed by atoms with Crippen molar-refractivity contribution in [3.05, 3.63) is 173 Å². The maximum absolute atomic E-state index is 14.1. The molecule has 8 heteroatoms. The van der Waals surface area contributed by atoms with E-state index in [1.54, 1.807) is 14.2 Å². The van der Waals surface area contributed by atoms with Crippen LogP contribution in [0.5, 0.6) is 17.2 Å². The zero-order valence-corrected chi connectivity index (χ0v) is 35.9. The molecule has 8 nitrogen and oxygen atoms in total.